The van der Waals surface area contributed by atoms with Gasteiger partial charge >= 0.3 is 0 Å². The number of sulfonamides is 1. The van der Waals surface area contributed by atoms with Gasteiger partial charge in [0.15, 0.2) is 5.78 Å². The molecule has 138 valence electrons. The maximum atomic E-state index is 12.0. The second-order valence-corrected chi connectivity index (χ2v) is 8.47. The Labute approximate surface area is 147 Å². The fourth-order valence-electron chi connectivity index (χ4n) is 3.06. The Morgan fingerprint density at radius 3 is 2.44 bits per heavy atom. The van der Waals surface area contributed by atoms with E-state index in [9.17, 15) is 23.3 Å². The molecule has 9 heteroatoms. The van der Waals surface area contributed by atoms with E-state index < -0.39 is 14.9 Å². The van der Waals surface area contributed by atoms with E-state index in [-0.39, 0.29) is 23.3 Å². The lowest BCUT2D eigenvalue weighted by Crippen LogP contribution is -2.46. The minimum absolute atomic E-state index is 0.0572. The molecule has 1 aromatic rings. The van der Waals surface area contributed by atoms with Gasteiger partial charge in [-0.05, 0) is 38.8 Å². The van der Waals surface area contributed by atoms with E-state index in [1.54, 1.807) is 26.1 Å². The summed E-state index contributed by atoms with van der Waals surface area (Å²) in [5.41, 5.74) is 0.675. The van der Waals surface area contributed by atoms with E-state index in [0.29, 0.717) is 37.2 Å². The lowest BCUT2D eigenvalue weighted by atomic mass is 10.0. The number of hydrogen-bond acceptors (Lipinski definition) is 6. The summed E-state index contributed by atoms with van der Waals surface area (Å²) in [7, 11) is -1.66. The molecule has 1 aliphatic heterocycles. The summed E-state index contributed by atoms with van der Waals surface area (Å²) in [4.78, 5) is 24.2. The van der Waals surface area contributed by atoms with Crippen LogP contribution in [0.15, 0.2) is 18.2 Å². The lowest BCUT2D eigenvalue weighted by molar-refractivity contribution is -0.384. The molecule has 0 spiro atoms. The number of nitro groups is 1. The minimum atomic E-state index is -3.25. The second-order valence-electron chi connectivity index (χ2n) is 6.15. The Kier molecular flexibility index (Phi) is 5.79. The maximum absolute atomic E-state index is 12.0. The molecule has 1 fully saturated rings. The number of rotatable bonds is 6. The van der Waals surface area contributed by atoms with Gasteiger partial charge in [0.2, 0.25) is 10.0 Å². The minimum Gasteiger partial charge on any atom is -0.366 e. The average Bonchev–Trinajstić information content (AvgIpc) is 2.60. The van der Waals surface area contributed by atoms with Crippen LogP contribution in [0.5, 0.6) is 0 Å². The molecule has 1 aliphatic rings. The average molecular weight is 369 g/mol. The third-order valence-corrected chi connectivity index (χ3v) is 6.61. The first-order valence-corrected chi connectivity index (χ1v) is 9.78. The number of Topliss-reactive ketones (excluding diaryl/α,β-unsaturated/α-hetero) is 1. The Bertz CT molecular complexity index is 770. The molecule has 0 atom stereocenters. The molecule has 1 saturated heterocycles. The van der Waals surface area contributed by atoms with Gasteiger partial charge in [-0.15, -0.1) is 0 Å². The van der Waals surface area contributed by atoms with Crippen molar-refractivity contribution in [3.63, 3.8) is 0 Å². The Morgan fingerprint density at radius 2 is 1.96 bits per heavy atom. The van der Waals surface area contributed by atoms with E-state index >= 15 is 0 Å². The van der Waals surface area contributed by atoms with Crippen LogP contribution in [0.2, 0.25) is 0 Å². The van der Waals surface area contributed by atoms with Crippen LogP contribution in [0.3, 0.4) is 0 Å². The summed E-state index contributed by atoms with van der Waals surface area (Å²) >= 11 is 0. The first kappa shape index (κ1) is 19.3. The van der Waals surface area contributed by atoms with E-state index in [1.165, 1.54) is 17.3 Å². The smallest absolute Gasteiger partial charge is 0.293 e. The van der Waals surface area contributed by atoms with Crippen molar-refractivity contribution in [2.45, 2.75) is 32.7 Å². The highest BCUT2D eigenvalue weighted by Gasteiger charge is 2.30. The van der Waals surface area contributed by atoms with Crippen LogP contribution in [-0.4, -0.2) is 55.4 Å². The SMILES string of the molecule is CCS(=O)(=O)N(C)C1CCN(c2ccc(C(C)=O)cc2[N+](=O)[O-])CC1. The van der Waals surface area contributed by atoms with Crippen LogP contribution < -0.4 is 4.90 Å². The van der Waals surface area contributed by atoms with Crippen molar-refractivity contribution in [3.8, 4) is 0 Å². The molecule has 1 aromatic carbocycles. The maximum Gasteiger partial charge on any atom is 0.293 e. The van der Waals surface area contributed by atoms with Gasteiger partial charge < -0.3 is 4.90 Å². The second kappa shape index (κ2) is 7.49. The molecule has 25 heavy (non-hydrogen) atoms. The van der Waals surface area contributed by atoms with Gasteiger partial charge in [0, 0.05) is 37.8 Å². The topological polar surface area (TPSA) is 101 Å². The quantitative estimate of drug-likeness (QED) is 0.432. The molecular formula is C16H23N3O5S. The van der Waals surface area contributed by atoms with Crippen LogP contribution in [0, 0.1) is 10.1 Å². The highest BCUT2D eigenvalue weighted by atomic mass is 32.2. The van der Waals surface area contributed by atoms with Crippen molar-refractivity contribution in [2.24, 2.45) is 0 Å². The Hall–Kier alpha value is -2.00. The zero-order valence-corrected chi connectivity index (χ0v) is 15.5. The molecule has 1 heterocycles. The van der Waals surface area contributed by atoms with E-state index in [2.05, 4.69) is 0 Å². The largest absolute Gasteiger partial charge is 0.366 e. The zero-order chi connectivity index (χ0) is 18.8. The molecule has 0 saturated carbocycles. The summed E-state index contributed by atoms with van der Waals surface area (Å²) < 4.78 is 25.4. The van der Waals surface area contributed by atoms with Crippen LogP contribution in [0.25, 0.3) is 0 Å². The standard InChI is InChI=1S/C16H23N3O5S/c1-4-25(23,24)17(3)14-7-9-18(10-8-14)15-6-5-13(12(2)20)11-16(15)19(21)22/h5-6,11,14H,4,7-10H2,1-3H3. The summed E-state index contributed by atoms with van der Waals surface area (Å²) in [5, 5.41) is 11.4. The number of hydrogen-bond donors (Lipinski definition) is 0. The molecule has 0 N–H and O–H groups in total. The third kappa shape index (κ3) is 4.16. The van der Waals surface area contributed by atoms with E-state index in [0.717, 1.165) is 0 Å². The van der Waals surface area contributed by atoms with Crippen molar-refractivity contribution in [1.82, 2.24) is 4.31 Å². The molecule has 0 amide bonds. The number of piperidine rings is 1. The predicted molar refractivity (Wildman–Crippen MR) is 95.6 cm³/mol. The first-order valence-electron chi connectivity index (χ1n) is 8.17. The summed E-state index contributed by atoms with van der Waals surface area (Å²) in [6, 6.07) is 4.39. The van der Waals surface area contributed by atoms with Gasteiger partial charge in [-0.25, -0.2) is 12.7 Å². The third-order valence-electron chi connectivity index (χ3n) is 4.70. The number of carbonyl (C=O) groups excluding carboxylic acids is 1. The number of ketones is 1. The molecule has 2 rings (SSSR count). The van der Waals surface area contributed by atoms with Crippen LogP contribution in [0.1, 0.15) is 37.0 Å². The van der Waals surface area contributed by atoms with Crippen molar-refractivity contribution >= 4 is 27.2 Å². The Morgan fingerprint density at radius 1 is 1.36 bits per heavy atom. The monoisotopic (exact) mass is 369 g/mol. The zero-order valence-electron chi connectivity index (χ0n) is 14.6. The number of anilines is 1. The molecule has 8 nitrogen and oxygen atoms in total. The van der Waals surface area contributed by atoms with Crippen molar-refractivity contribution in [2.75, 3.05) is 30.8 Å². The highest BCUT2D eigenvalue weighted by Crippen LogP contribution is 2.32. The fraction of sp³-hybridized carbons (Fsp3) is 0.562. The summed E-state index contributed by atoms with van der Waals surface area (Å²) in [6.07, 6.45) is 1.20. The van der Waals surface area contributed by atoms with Crippen LogP contribution >= 0.6 is 0 Å². The first-order chi connectivity index (χ1) is 11.7. The number of nitro benzene ring substituents is 1. The fourth-order valence-corrected chi connectivity index (χ4v) is 4.13. The molecule has 0 aromatic heterocycles. The van der Waals surface area contributed by atoms with Gasteiger partial charge in [-0.2, -0.15) is 0 Å². The number of benzene rings is 1. The normalized spacial score (nSPS) is 16.2. The van der Waals surface area contributed by atoms with Crippen LogP contribution in [-0.2, 0) is 10.0 Å². The van der Waals surface area contributed by atoms with Gasteiger partial charge in [-0.1, -0.05) is 0 Å². The van der Waals surface area contributed by atoms with Gasteiger partial charge in [0.1, 0.15) is 5.69 Å². The number of carbonyl (C=O) groups is 1. The Balaban J connectivity index is 2.18. The molecular weight excluding hydrogens is 346 g/mol. The molecule has 0 unspecified atom stereocenters. The molecule has 0 radical (unpaired) electrons. The van der Waals surface area contributed by atoms with Crippen molar-refractivity contribution in [3.05, 3.63) is 33.9 Å². The van der Waals surface area contributed by atoms with E-state index in [4.69, 9.17) is 0 Å². The highest BCUT2D eigenvalue weighted by molar-refractivity contribution is 7.89. The molecule has 0 bridgehead atoms. The summed E-state index contributed by atoms with van der Waals surface area (Å²) in [5.74, 6) is -0.165. The van der Waals surface area contributed by atoms with Crippen molar-refractivity contribution < 1.29 is 18.1 Å². The lowest BCUT2D eigenvalue weighted by Gasteiger charge is -2.37. The van der Waals surface area contributed by atoms with E-state index in [1.807, 2.05) is 4.90 Å². The van der Waals surface area contributed by atoms with Gasteiger partial charge in [-0.3, -0.25) is 14.9 Å². The van der Waals surface area contributed by atoms with Gasteiger partial charge in [0.05, 0.1) is 10.7 Å². The van der Waals surface area contributed by atoms with Crippen molar-refractivity contribution in [1.29, 1.82) is 0 Å². The predicted octanol–water partition coefficient (Wildman–Crippen LogP) is 2.05. The number of nitrogens with zero attached hydrogens (tertiary/aromatic N) is 3. The van der Waals surface area contributed by atoms with Crippen LogP contribution in [0.4, 0.5) is 11.4 Å². The molecule has 0 aliphatic carbocycles. The van der Waals surface area contributed by atoms with Gasteiger partial charge in [0.25, 0.3) is 5.69 Å². The summed E-state index contributed by atoms with van der Waals surface area (Å²) in [6.45, 7) is 4.03.